The van der Waals surface area contributed by atoms with Crippen molar-refractivity contribution in [2.45, 2.75) is 71.7 Å². The second kappa shape index (κ2) is 29.8. The van der Waals surface area contributed by atoms with Crippen LogP contribution >= 0.6 is 22.9 Å². The number of nitrogens with one attached hydrogen (secondary N) is 3. The average Bonchev–Trinajstić information content (AvgIpc) is 1.02. The van der Waals surface area contributed by atoms with Crippen molar-refractivity contribution in [3.63, 3.8) is 0 Å². The number of carbonyl (C=O) groups excluding carboxylic acids is 5. The maximum atomic E-state index is 17.0. The van der Waals surface area contributed by atoms with E-state index in [1.165, 1.54) is 17.0 Å². The fourth-order valence-electron chi connectivity index (χ4n) is 10.4. The number of fused-ring (bicyclic) bond motifs is 2. The van der Waals surface area contributed by atoms with Crippen LogP contribution in [0.3, 0.4) is 0 Å². The lowest BCUT2D eigenvalue weighted by Gasteiger charge is -2.35. The van der Waals surface area contributed by atoms with Gasteiger partial charge in [-0.25, -0.2) is 14.4 Å². The van der Waals surface area contributed by atoms with Crippen LogP contribution in [0.4, 0.5) is 16.2 Å². The number of aliphatic hydroxyl groups is 1. The number of likely N-dealkylation sites (tertiary alicyclic amines) is 1. The molecule has 4 atom stereocenters. The first-order valence-electron chi connectivity index (χ1n) is 28.7. The van der Waals surface area contributed by atoms with Crippen molar-refractivity contribution < 1.29 is 57.5 Å². The number of benzene rings is 4. The van der Waals surface area contributed by atoms with Gasteiger partial charge in [0, 0.05) is 76.7 Å². The number of carbonyl (C=O) groups is 5. The van der Waals surface area contributed by atoms with Gasteiger partial charge in [-0.1, -0.05) is 87.5 Å². The van der Waals surface area contributed by atoms with Crippen LogP contribution in [0.2, 0.25) is 5.02 Å². The third kappa shape index (κ3) is 16.4. The highest BCUT2D eigenvalue weighted by Crippen LogP contribution is 2.42. The Morgan fingerprint density at radius 3 is 2.24 bits per heavy atom. The molecule has 5 amide bonds. The number of likely N-dealkylation sites (N-methyl/N-ethyl adjacent to an activating group) is 1. The molecule has 2 aromatic heterocycles. The molecule has 0 radical (unpaired) electrons. The van der Waals surface area contributed by atoms with Gasteiger partial charge < -0.3 is 64.7 Å². The van der Waals surface area contributed by atoms with Crippen molar-refractivity contribution in [2.24, 2.45) is 5.41 Å². The molecule has 5 N–H and O–H groups in total. The Morgan fingerprint density at radius 1 is 0.907 bits per heavy atom. The lowest BCUT2D eigenvalue weighted by molar-refractivity contribution is -0.144. The normalized spacial score (nSPS) is 16.1. The number of aromatic nitrogens is 3. The molecular formula is C62H76ClFN10O11S. The van der Waals surface area contributed by atoms with Gasteiger partial charge in [0.15, 0.2) is 5.82 Å². The molecule has 0 bridgehead atoms. The van der Waals surface area contributed by atoms with Crippen LogP contribution in [0.1, 0.15) is 57.8 Å². The number of rotatable bonds is 27. The van der Waals surface area contributed by atoms with Gasteiger partial charge in [0.05, 0.1) is 79.5 Å². The van der Waals surface area contributed by atoms with Crippen molar-refractivity contribution in [3.8, 4) is 27.3 Å². The Kier molecular flexibility index (Phi) is 22.4. The molecular weight excluding hydrogens is 1150 g/mol. The summed E-state index contributed by atoms with van der Waals surface area (Å²) in [6.07, 6.45) is 0.500. The Bertz CT molecular complexity index is 3380. The zero-order chi connectivity index (χ0) is 61.7. The molecule has 2 fully saturated rings. The van der Waals surface area contributed by atoms with Crippen LogP contribution < -0.4 is 20.9 Å². The van der Waals surface area contributed by atoms with Crippen molar-refractivity contribution in [1.82, 2.24) is 40.3 Å². The number of piperazine rings is 1. The molecule has 4 heterocycles. The number of hydrogen-bond donors (Lipinski definition) is 5. The molecule has 8 rings (SSSR count). The molecule has 21 nitrogen and oxygen atoms in total. The topological polar surface area (TPSA) is 250 Å². The Labute approximate surface area is 508 Å². The van der Waals surface area contributed by atoms with Gasteiger partial charge in [-0.2, -0.15) is 4.98 Å². The summed E-state index contributed by atoms with van der Waals surface area (Å²) in [5.41, 5.74) is 4.38. The van der Waals surface area contributed by atoms with E-state index in [9.17, 15) is 34.2 Å². The Balaban J connectivity index is 0.715. The number of aromatic hydroxyl groups is 1. The molecule has 6 aromatic rings. The number of β-amino-alcohol motifs (C(OH)–C–C–N with tert-alkyl or cyclic N) is 1. The number of anilines is 2. The summed E-state index contributed by atoms with van der Waals surface area (Å²) in [5.74, 6) is -2.00. The maximum Gasteiger partial charge on any atom is 0.246 e. The number of halogens is 2. The predicted molar refractivity (Wildman–Crippen MR) is 328 cm³/mol. The molecule has 4 aromatic carbocycles. The monoisotopic (exact) mass is 1220 g/mol. The van der Waals surface area contributed by atoms with Crippen LogP contribution in [0.5, 0.6) is 5.75 Å². The van der Waals surface area contributed by atoms with E-state index < -0.39 is 47.1 Å². The highest BCUT2D eigenvalue weighted by Gasteiger charge is 2.45. The lowest BCUT2D eigenvalue weighted by Crippen LogP contribution is -2.58. The number of nitrogens with zero attached hydrogens (tertiary/aromatic N) is 7. The van der Waals surface area contributed by atoms with Crippen LogP contribution in [0.15, 0.2) is 84.9 Å². The SMILES string of the molecule is C=CC(=O)N1CCN(c2nc(NCCC(=O)N(C)CCOCCOCCOCCOCC(=O)NC(C(=O)N3CC(O)CC3C(=O)NC(C)c3ccc(-c4scnc4C)cc3)C(C)(C)C)nc3c(F)c(-c4cc(O)cc5ccccc45)c(Cl)cc23)CC1. The summed E-state index contributed by atoms with van der Waals surface area (Å²) in [6.45, 7) is 16.2. The van der Waals surface area contributed by atoms with E-state index in [0.717, 1.165) is 21.7 Å². The number of hydrogen-bond acceptors (Lipinski definition) is 17. The van der Waals surface area contributed by atoms with Gasteiger partial charge in [-0.05, 0) is 71.0 Å². The molecule has 2 aliphatic heterocycles. The second-order valence-corrected chi connectivity index (χ2v) is 23.6. The number of amides is 5. The molecule has 0 aliphatic carbocycles. The van der Waals surface area contributed by atoms with Crippen molar-refractivity contribution >= 4 is 85.9 Å². The van der Waals surface area contributed by atoms with Gasteiger partial charge in [0.2, 0.25) is 35.5 Å². The summed E-state index contributed by atoms with van der Waals surface area (Å²) >= 11 is 8.44. The number of phenolic OH excluding ortho intramolecular Hbond substituents is 1. The second-order valence-electron chi connectivity index (χ2n) is 22.3. The van der Waals surface area contributed by atoms with E-state index >= 15 is 4.39 Å². The summed E-state index contributed by atoms with van der Waals surface area (Å²) in [7, 11) is 1.67. The zero-order valence-electron chi connectivity index (χ0n) is 49.4. The third-order valence-electron chi connectivity index (χ3n) is 15.1. The number of aliphatic hydroxyl groups excluding tert-OH is 1. The highest BCUT2D eigenvalue weighted by atomic mass is 35.5. The summed E-state index contributed by atoms with van der Waals surface area (Å²) < 4.78 is 39.5. The predicted octanol–water partition coefficient (Wildman–Crippen LogP) is 6.91. The van der Waals surface area contributed by atoms with Crippen LogP contribution in [-0.2, 0) is 42.9 Å². The summed E-state index contributed by atoms with van der Waals surface area (Å²) in [6, 6.07) is 17.5. The minimum atomic E-state index is -1.01. The number of phenols is 1. The van der Waals surface area contributed by atoms with Crippen molar-refractivity contribution in [3.05, 3.63) is 107 Å². The third-order valence-corrected chi connectivity index (χ3v) is 16.3. The van der Waals surface area contributed by atoms with Gasteiger partial charge in [-0.15, -0.1) is 11.3 Å². The zero-order valence-corrected chi connectivity index (χ0v) is 51.0. The standard InChI is InChI=1S/C62H76ClFN10O11S/c1-8-51(78)72-19-21-73(22-20-72)58-47-34-48(63)53(46-32-43(75)31-42-11-9-10-12-45(42)46)54(64)55(47)69-61(70-58)65-18-17-52(79)71(7)23-24-82-25-26-83-27-28-84-29-30-85-36-50(77)68-57(62(4,5)6)60(81)74-35-44(76)33-49(74)59(80)67-38(2)40-13-15-41(16-14-40)56-39(3)66-37-86-56/h8-16,31-32,34,37-38,44,49,57,75-76H,1,17-30,33,35-36H2,2-7H3,(H,67,80)(H,68,77)(H,65,69,70). The molecule has 2 aliphatic rings. The molecule has 4 unspecified atom stereocenters. The maximum absolute atomic E-state index is 17.0. The van der Waals surface area contributed by atoms with E-state index in [0.29, 0.717) is 60.3 Å². The lowest BCUT2D eigenvalue weighted by atomic mass is 9.85. The number of aryl methyl sites for hydroxylation is 1. The minimum absolute atomic E-state index is 0.00803. The molecule has 24 heteroatoms. The van der Waals surface area contributed by atoms with Crippen LogP contribution in [-0.4, -0.2) is 193 Å². The summed E-state index contributed by atoms with van der Waals surface area (Å²) in [4.78, 5) is 87.7. The van der Waals surface area contributed by atoms with Crippen molar-refractivity contribution in [1.29, 1.82) is 0 Å². The summed E-state index contributed by atoms with van der Waals surface area (Å²) in [5, 5.41) is 32.0. The van der Waals surface area contributed by atoms with Crippen molar-refractivity contribution in [2.75, 3.05) is 116 Å². The molecule has 0 spiro atoms. The number of ether oxygens (including phenoxy) is 4. The van der Waals surface area contributed by atoms with E-state index in [-0.39, 0.29) is 124 Å². The van der Waals surface area contributed by atoms with Crippen LogP contribution in [0, 0.1) is 18.2 Å². The first-order valence-corrected chi connectivity index (χ1v) is 29.9. The van der Waals surface area contributed by atoms with Crippen LogP contribution in [0.25, 0.3) is 43.2 Å². The molecule has 0 saturated carbocycles. The van der Waals surface area contributed by atoms with Gasteiger partial charge in [0.25, 0.3) is 0 Å². The number of thiazole rings is 1. The van der Waals surface area contributed by atoms with Gasteiger partial charge >= 0.3 is 0 Å². The Morgan fingerprint density at radius 2 is 1.58 bits per heavy atom. The van der Waals surface area contributed by atoms with E-state index in [1.54, 1.807) is 45.8 Å². The first-order chi connectivity index (χ1) is 41.2. The largest absolute Gasteiger partial charge is 0.508 e. The van der Waals surface area contributed by atoms with E-state index in [4.69, 9.17) is 35.5 Å². The highest BCUT2D eigenvalue weighted by molar-refractivity contribution is 7.13. The molecule has 86 heavy (non-hydrogen) atoms. The molecule has 460 valence electrons. The molecule has 2 saturated heterocycles. The first kappa shape index (κ1) is 64.6. The van der Waals surface area contributed by atoms with Gasteiger partial charge in [0.1, 0.15) is 35.8 Å². The van der Waals surface area contributed by atoms with Gasteiger partial charge in [-0.3, -0.25) is 24.0 Å². The van der Waals surface area contributed by atoms with E-state index in [1.807, 2.05) is 88.0 Å². The quantitative estimate of drug-likeness (QED) is 0.0260. The fourth-order valence-corrected chi connectivity index (χ4v) is 11.5. The smallest absolute Gasteiger partial charge is 0.246 e. The fraction of sp³-hybridized carbons (Fsp3) is 0.452. The minimum Gasteiger partial charge on any atom is -0.508 e. The Hall–Kier alpha value is -7.38. The average molecular weight is 1220 g/mol. The van der Waals surface area contributed by atoms with E-state index in [2.05, 4.69) is 32.5 Å².